The lowest BCUT2D eigenvalue weighted by Gasteiger charge is -2.23. The van der Waals surface area contributed by atoms with Crippen LogP contribution in [0.25, 0.3) is 0 Å². The number of esters is 1. The van der Waals surface area contributed by atoms with Crippen LogP contribution in [-0.2, 0) is 23.8 Å². The fraction of sp³-hybridized carbons (Fsp3) is 0.318. The zero-order chi connectivity index (χ0) is 21.7. The summed E-state index contributed by atoms with van der Waals surface area (Å²) in [5, 5.41) is 6.10. The average Bonchev–Trinajstić information content (AvgIpc) is 3.02. The second kappa shape index (κ2) is 9.63. The third kappa shape index (κ3) is 4.74. The van der Waals surface area contributed by atoms with Gasteiger partial charge in [0.1, 0.15) is 5.76 Å². The molecular formula is C22H23ClN2O5. The maximum absolute atomic E-state index is 12.9. The highest BCUT2D eigenvalue weighted by atomic mass is 35.5. The normalized spacial score (nSPS) is 20.3. The first-order valence-electron chi connectivity index (χ1n) is 9.54. The number of hydrazone groups is 1. The average molecular weight is 431 g/mol. The van der Waals surface area contributed by atoms with Crippen LogP contribution in [0.3, 0.4) is 0 Å². The molecule has 158 valence electrons. The van der Waals surface area contributed by atoms with Crippen molar-refractivity contribution in [1.82, 2.24) is 0 Å². The smallest absolute Gasteiger partial charge is 0.343 e. The summed E-state index contributed by atoms with van der Waals surface area (Å²) in [6.45, 7) is 3.79. The molecule has 7 nitrogen and oxygen atoms in total. The number of hydrogen-bond donors (Lipinski definition) is 0. The van der Waals surface area contributed by atoms with Gasteiger partial charge in [0.05, 0.1) is 35.7 Å². The molecule has 1 aliphatic heterocycles. The number of hydrogen-bond acceptors (Lipinski definition) is 6. The van der Waals surface area contributed by atoms with Gasteiger partial charge in [-0.1, -0.05) is 42.0 Å². The topological polar surface area (TPSA) is 77.4 Å². The van der Waals surface area contributed by atoms with Crippen molar-refractivity contribution >= 4 is 34.9 Å². The van der Waals surface area contributed by atoms with Gasteiger partial charge in [-0.25, -0.2) is 4.79 Å². The summed E-state index contributed by atoms with van der Waals surface area (Å²) in [6.07, 6.45) is 4.05. The molecule has 1 aromatic rings. The molecule has 3 rings (SSSR count). The van der Waals surface area contributed by atoms with E-state index in [-0.39, 0.29) is 18.4 Å². The lowest BCUT2D eigenvalue weighted by molar-refractivity contribution is -0.144. The molecule has 8 heteroatoms. The quantitative estimate of drug-likeness (QED) is 0.484. The number of methoxy groups -OCH3 is 1. The van der Waals surface area contributed by atoms with Gasteiger partial charge < -0.3 is 14.2 Å². The van der Waals surface area contributed by atoms with Crippen molar-refractivity contribution < 1.29 is 23.8 Å². The predicted molar refractivity (Wildman–Crippen MR) is 114 cm³/mol. The minimum absolute atomic E-state index is 0.190. The summed E-state index contributed by atoms with van der Waals surface area (Å²) < 4.78 is 15.8. The van der Waals surface area contributed by atoms with Crippen molar-refractivity contribution in [2.24, 2.45) is 11.0 Å². The van der Waals surface area contributed by atoms with E-state index in [2.05, 4.69) is 9.84 Å². The molecular weight excluding hydrogens is 408 g/mol. The van der Waals surface area contributed by atoms with E-state index in [9.17, 15) is 9.59 Å². The van der Waals surface area contributed by atoms with Gasteiger partial charge in [-0.3, -0.25) is 4.79 Å². The summed E-state index contributed by atoms with van der Waals surface area (Å²) in [5.74, 6) is -0.0676. The number of benzene rings is 1. The fourth-order valence-electron chi connectivity index (χ4n) is 3.18. The van der Waals surface area contributed by atoms with Gasteiger partial charge >= 0.3 is 5.97 Å². The lowest BCUT2D eigenvalue weighted by atomic mass is 9.94. The molecule has 0 N–H and O–H groups in total. The largest absolute Gasteiger partial charge is 0.494 e. The summed E-state index contributed by atoms with van der Waals surface area (Å²) in [5.41, 5.74) is 1.85. The van der Waals surface area contributed by atoms with Crippen LogP contribution in [0.4, 0.5) is 5.69 Å². The molecule has 0 saturated heterocycles. The van der Waals surface area contributed by atoms with E-state index in [0.29, 0.717) is 46.6 Å². The zero-order valence-electron chi connectivity index (χ0n) is 17.1. The Balaban J connectivity index is 1.81. The third-order valence-corrected chi connectivity index (χ3v) is 4.87. The number of amides is 1. The molecule has 1 heterocycles. The monoisotopic (exact) mass is 430 g/mol. The van der Waals surface area contributed by atoms with Crippen LogP contribution in [0, 0.1) is 5.92 Å². The minimum atomic E-state index is -0.517. The van der Waals surface area contributed by atoms with E-state index >= 15 is 0 Å². The molecule has 30 heavy (non-hydrogen) atoms. The van der Waals surface area contributed by atoms with E-state index in [0.717, 1.165) is 0 Å². The summed E-state index contributed by atoms with van der Waals surface area (Å²) >= 11 is 6.41. The standard InChI is InChI=1S/C22H23ClN2O5/c1-4-29-19-12-15(11-18(23)21(19)30-13-20(26)28-3)10-17-14(2)24-25(22(17)27)16-8-6-5-7-9-16/h5-11,15H,4,12-13H2,1-3H3/b17-10+. The Morgan fingerprint density at radius 2 is 2.03 bits per heavy atom. The summed E-state index contributed by atoms with van der Waals surface area (Å²) in [4.78, 5) is 24.3. The number of anilines is 1. The molecule has 0 spiro atoms. The first-order chi connectivity index (χ1) is 14.4. The summed E-state index contributed by atoms with van der Waals surface area (Å²) in [7, 11) is 1.28. The van der Waals surface area contributed by atoms with Gasteiger partial charge in [0.2, 0.25) is 0 Å². The van der Waals surface area contributed by atoms with Crippen LogP contribution in [0.15, 0.2) is 69.7 Å². The maximum atomic E-state index is 12.9. The molecule has 0 fully saturated rings. The van der Waals surface area contributed by atoms with Crippen LogP contribution in [0.1, 0.15) is 20.3 Å². The molecule has 0 saturated carbocycles. The van der Waals surface area contributed by atoms with Gasteiger partial charge in [-0.15, -0.1) is 0 Å². The second-order valence-corrected chi connectivity index (χ2v) is 7.06. The van der Waals surface area contributed by atoms with Crippen molar-refractivity contribution in [2.75, 3.05) is 25.3 Å². The molecule has 1 unspecified atom stereocenters. The molecule has 1 amide bonds. The number of allylic oxidation sites excluding steroid dienone is 4. The van der Waals surface area contributed by atoms with Gasteiger partial charge in [-0.2, -0.15) is 10.1 Å². The Bertz CT molecular complexity index is 950. The van der Waals surface area contributed by atoms with E-state index in [1.54, 1.807) is 13.0 Å². The van der Waals surface area contributed by atoms with Crippen molar-refractivity contribution in [1.29, 1.82) is 0 Å². The fourth-order valence-corrected chi connectivity index (χ4v) is 3.50. The number of halogens is 1. The van der Waals surface area contributed by atoms with Gasteiger partial charge in [0.15, 0.2) is 12.4 Å². The second-order valence-electron chi connectivity index (χ2n) is 6.65. The zero-order valence-corrected chi connectivity index (χ0v) is 17.8. The highest BCUT2D eigenvalue weighted by molar-refractivity contribution is 6.32. The predicted octanol–water partition coefficient (Wildman–Crippen LogP) is 3.92. The number of ether oxygens (including phenoxy) is 3. The SMILES string of the molecule is CCOC1=C(OCC(=O)OC)C(Cl)=CC(/C=C2/C(=O)N(c3ccccc3)N=C2C)C1. The Kier molecular flexibility index (Phi) is 6.95. The van der Waals surface area contributed by atoms with Gasteiger partial charge in [-0.05, 0) is 26.0 Å². The molecule has 1 aliphatic carbocycles. The van der Waals surface area contributed by atoms with Crippen LogP contribution in [0.2, 0.25) is 0 Å². The van der Waals surface area contributed by atoms with Crippen molar-refractivity contribution in [2.45, 2.75) is 20.3 Å². The number of carbonyl (C=O) groups excluding carboxylic acids is 2. The van der Waals surface area contributed by atoms with Gasteiger partial charge in [0.25, 0.3) is 5.91 Å². The van der Waals surface area contributed by atoms with E-state index in [1.807, 2.05) is 43.3 Å². The number of para-hydroxylation sites is 1. The molecule has 0 bridgehead atoms. The first kappa shape index (κ1) is 21.6. The Morgan fingerprint density at radius 3 is 2.70 bits per heavy atom. The van der Waals surface area contributed by atoms with Crippen LogP contribution in [0.5, 0.6) is 0 Å². The highest BCUT2D eigenvalue weighted by Gasteiger charge is 2.31. The summed E-state index contributed by atoms with van der Waals surface area (Å²) in [6, 6.07) is 9.25. The van der Waals surface area contributed by atoms with Crippen LogP contribution in [-0.4, -0.2) is 37.9 Å². The van der Waals surface area contributed by atoms with E-state index in [4.69, 9.17) is 21.1 Å². The van der Waals surface area contributed by atoms with Crippen molar-refractivity contribution in [3.05, 3.63) is 64.6 Å². The lowest BCUT2D eigenvalue weighted by Crippen LogP contribution is -2.22. The van der Waals surface area contributed by atoms with Crippen molar-refractivity contribution in [3.8, 4) is 0 Å². The van der Waals surface area contributed by atoms with Crippen LogP contribution < -0.4 is 5.01 Å². The molecule has 0 aromatic heterocycles. The first-order valence-corrected chi connectivity index (χ1v) is 9.92. The van der Waals surface area contributed by atoms with Crippen molar-refractivity contribution in [3.63, 3.8) is 0 Å². The minimum Gasteiger partial charge on any atom is -0.494 e. The number of rotatable bonds is 7. The van der Waals surface area contributed by atoms with Gasteiger partial charge in [0, 0.05) is 12.3 Å². The van der Waals surface area contributed by atoms with E-state index in [1.165, 1.54) is 12.1 Å². The van der Waals surface area contributed by atoms with E-state index < -0.39 is 5.97 Å². The Morgan fingerprint density at radius 1 is 1.30 bits per heavy atom. The molecule has 0 radical (unpaired) electrons. The third-order valence-electron chi connectivity index (χ3n) is 4.58. The molecule has 2 aliphatic rings. The number of nitrogens with zero attached hydrogens (tertiary/aromatic N) is 2. The Labute approximate surface area is 180 Å². The Hall–Kier alpha value is -3.06. The highest BCUT2D eigenvalue weighted by Crippen LogP contribution is 2.35. The molecule has 1 aromatic carbocycles. The number of carbonyl (C=O) groups is 2. The van der Waals surface area contributed by atoms with Crippen LogP contribution >= 0.6 is 11.6 Å². The molecule has 1 atom stereocenters. The maximum Gasteiger partial charge on any atom is 0.343 e.